The zero-order valence-electron chi connectivity index (χ0n) is 22.4. The number of piperidine rings is 1. The number of hydrogen-bond acceptors (Lipinski definition) is 5. The fourth-order valence-electron chi connectivity index (χ4n) is 6.09. The molecular formula is C31H31F2N5O2. The van der Waals surface area contributed by atoms with Crippen LogP contribution >= 0.6 is 0 Å². The van der Waals surface area contributed by atoms with E-state index >= 15 is 0 Å². The number of nitrogens with zero attached hydrogens (tertiary/aromatic N) is 4. The van der Waals surface area contributed by atoms with Gasteiger partial charge in [0.2, 0.25) is 5.91 Å². The van der Waals surface area contributed by atoms with Gasteiger partial charge in [-0.15, -0.1) is 0 Å². The van der Waals surface area contributed by atoms with Crippen LogP contribution in [-0.4, -0.2) is 42.9 Å². The van der Waals surface area contributed by atoms with E-state index in [0.717, 1.165) is 36.7 Å². The SMILES string of the molecule is C=C1CC(=O)N2C[C@H](c3nc(-c4ccc([C@](C)(O)c5cccc(C(C)(F)F)c5)cc4)c4c(N)nccn34)CC[C@@H]12. The molecule has 4 aromatic rings. The number of anilines is 1. The number of benzene rings is 2. The predicted octanol–water partition coefficient (Wildman–Crippen LogP) is 5.38. The summed E-state index contributed by atoms with van der Waals surface area (Å²) in [5.41, 5.74) is 8.69. The zero-order valence-corrected chi connectivity index (χ0v) is 22.4. The van der Waals surface area contributed by atoms with Gasteiger partial charge in [-0.2, -0.15) is 0 Å². The van der Waals surface area contributed by atoms with E-state index in [9.17, 15) is 18.7 Å². The van der Waals surface area contributed by atoms with Crippen LogP contribution in [0.25, 0.3) is 16.8 Å². The van der Waals surface area contributed by atoms with Crippen LogP contribution in [-0.2, 0) is 16.3 Å². The summed E-state index contributed by atoms with van der Waals surface area (Å²) >= 11 is 0. The lowest BCUT2D eigenvalue weighted by molar-refractivity contribution is -0.130. The molecule has 2 saturated heterocycles. The summed E-state index contributed by atoms with van der Waals surface area (Å²) in [6, 6.07) is 13.2. The number of rotatable bonds is 5. The smallest absolute Gasteiger partial charge is 0.270 e. The maximum atomic E-state index is 13.9. The van der Waals surface area contributed by atoms with Gasteiger partial charge in [-0.05, 0) is 42.5 Å². The lowest BCUT2D eigenvalue weighted by atomic mass is 9.86. The Morgan fingerprint density at radius 2 is 1.80 bits per heavy atom. The van der Waals surface area contributed by atoms with Crippen LogP contribution in [0.4, 0.5) is 14.6 Å². The minimum atomic E-state index is -3.01. The maximum Gasteiger partial charge on any atom is 0.270 e. The standard InChI is InChI=1S/C31H31F2N5O2/c1-18-15-25(39)38-17-20(9-12-24(18)38)29-36-26(27-28(34)35-13-14-37(27)29)19-7-10-21(11-8-19)30(2,40)22-5-4-6-23(16-22)31(3,32)33/h4-8,10-11,13-14,16,20,24,40H,1,9,12,15,17H2,2-3H3,(H2,34,35)/t20-,24+,30+/m1/s1. The molecule has 3 N–H and O–H groups in total. The van der Waals surface area contributed by atoms with E-state index in [4.69, 9.17) is 10.7 Å². The van der Waals surface area contributed by atoms with Gasteiger partial charge in [0.25, 0.3) is 5.92 Å². The first-order valence-electron chi connectivity index (χ1n) is 13.4. The molecule has 6 rings (SSSR count). The average molecular weight is 544 g/mol. The van der Waals surface area contributed by atoms with Gasteiger partial charge in [-0.25, -0.2) is 18.7 Å². The zero-order chi connectivity index (χ0) is 28.4. The molecule has 0 bridgehead atoms. The Labute approximate surface area is 231 Å². The third-order valence-electron chi connectivity index (χ3n) is 8.38. The Kier molecular flexibility index (Phi) is 6.03. The Hall–Kier alpha value is -4.11. The molecule has 0 unspecified atom stereocenters. The third kappa shape index (κ3) is 4.25. The first kappa shape index (κ1) is 26.1. The maximum absolute atomic E-state index is 13.9. The first-order chi connectivity index (χ1) is 18.9. The quantitative estimate of drug-likeness (QED) is 0.330. The highest BCUT2D eigenvalue weighted by Crippen LogP contribution is 2.40. The summed E-state index contributed by atoms with van der Waals surface area (Å²) < 4.78 is 29.8. The van der Waals surface area contributed by atoms with Crippen molar-refractivity contribution in [3.8, 4) is 11.3 Å². The van der Waals surface area contributed by atoms with Gasteiger partial charge in [0, 0.05) is 49.3 Å². The molecule has 0 radical (unpaired) electrons. The number of fused-ring (bicyclic) bond motifs is 2. The van der Waals surface area contributed by atoms with Gasteiger partial charge >= 0.3 is 0 Å². The molecule has 2 aromatic carbocycles. The molecule has 4 heterocycles. The number of nitrogens with two attached hydrogens (primary N) is 1. The summed E-state index contributed by atoms with van der Waals surface area (Å²) in [6.45, 7) is 7.09. The molecule has 2 aliphatic rings. The Bertz CT molecular complexity index is 1640. The minimum Gasteiger partial charge on any atom is -0.382 e. The summed E-state index contributed by atoms with van der Waals surface area (Å²) in [6.07, 6.45) is 5.59. The number of amides is 1. The lowest BCUT2D eigenvalue weighted by Gasteiger charge is -2.34. The number of aliphatic hydroxyl groups is 1. The van der Waals surface area contributed by atoms with Crippen molar-refractivity contribution in [2.45, 2.75) is 56.6 Å². The topological polar surface area (TPSA) is 96.8 Å². The summed E-state index contributed by atoms with van der Waals surface area (Å²) in [5, 5.41) is 11.4. The first-order valence-corrected chi connectivity index (χ1v) is 13.4. The Morgan fingerprint density at radius 3 is 2.52 bits per heavy atom. The fraction of sp³-hybridized carbons (Fsp3) is 0.323. The van der Waals surface area contributed by atoms with Crippen LogP contribution in [0.1, 0.15) is 61.5 Å². The number of halogens is 2. The lowest BCUT2D eigenvalue weighted by Crippen LogP contribution is -2.41. The molecule has 206 valence electrons. The Morgan fingerprint density at radius 1 is 1.07 bits per heavy atom. The van der Waals surface area contributed by atoms with Gasteiger partial charge in [0.15, 0.2) is 0 Å². The van der Waals surface area contributed by atoms with Crippen LogP contribution in [0.5, 0.6) is 0 Å². The molecule has 2 aromatic heterocycles. The van der Waals surface area contributed by atoms with E-state index in [1.807, 2.05) is 27.6 Å². The second kappa shape index (κ2) is 9.23. The van der Waals surface area contributed by atoms with E-state index < -0.39 is 11.5 Å². The largest absolute Gasteiger partial charge is 0.382 e. The van der Waals surface area contributed by atoms with E-state index in [1.165, 1.54) is 18.2 Å². The van der Waals surface area contributed by atoms with E-state index in [1.54, 1.807) is 31.3 Å². The normalized spacial score (nSPS) is 21.1. The van der Waals surface area contributed by atoms with Gasteiger partial charge in [0.1, 0.15) is 28.5 Å². The number of alkyl halides is 2. The van der Waals surface area contributed by atoms with Crippen molar-refractivity contribution in [2.24, 2.45) is 0 Å². The molecule has 3 atom stereocenters. The predicted molar refractivity (Wildman–Crippen MR) is 149 cm³/mol. The minimum absolute atomic E-state index is 0.0260. The van der Waals surface area contributed by atoms with Crippen LogP contribution in [0.3, 0.4) is 0 Å². The van der Waals surface area contributed by atoms with Crippen molar-refractivity contribution >= 4 is 17.2 Å². The second-order valence-corrected chi connectivity index (χ2v) is 11.1. The number of nitrogen functional groups attached to an aromatic ring is 1. The van der Waals surface area contributed by atoms with E-state index in [-0.39, 0.29) is 23.4 Å². The van der Waals surface area contributed by atoms with Crippen molar-refractivity contribution in [3.05, 3.63) is 95.6 Å². The van der Waals surface area contributed by atoms with E-state index in [0.29, 0.717) is 41.1 Å². The molecule has 0 spiro atoms. The number of aromatic nitrogens is 3. The molecule has 40 heavy (non-hydrogen) atoms. The molecule has 2 aliphatic heterocycles. The molecule has 2 fully saturated rings. The highest BCUT2D eigenvalue weighted by atomic mass is 19.3. The number of carbonyl (C=O) groups excluding carboxylic acids is 1. The van der Waals surface area contributed by atoms with Crippen molar-refractivity contribution in [3.63, 3.8) is 0 Å². The summed E-state index contributed by atoms with van der Waals surface area (Å²) in [5.74, 6) is -1.73. The number of imidazole rings is 1. The summed E-state index contributed by atoms with van der Waals surface area (Å²) in [7, 11) is 0. The summed E-state index contributed by atoms with van der Waals surface area (Å²) in [4.78, 5) is 23.8. The van der Waals surface area contributed by atoms with Gasteiger partial charge in [-0.1, -0.05) is 49.0 Å². The molecule has 1 amide bonds. The van der Waals surface area contributed by atoms with Crippen LogP contribution in [0.2, 0.25) is 0 Å². The van der Waals surface area contributed by atoms with Gasteiger partial charge in [-0.3, -0.25) is 9.20 Å². The molecule has 7 nitrogen and oxygen atoms in total. The molecule has 0 saturated carbocycles. The van der Waals surface area contributed by atoms with Crippen molar-refractivity contribution in [1.82, 2.24) is 19.3 Å². The number of carbonyl (C=O) groups is 1. The Balaban J connectivity index is 1.36. The van der Waals surface area contributed by atoms with Crippen LogP contribution in [0.15, 0.2) is 73.1 Å². The second-order valence-electron chi connectivity index (χ2n) is 11.1. The average Bonchev–Trinajstić information content (AvgIpc) is 3.46. The third-order valence-corrected chi connectivity index (χ3v) is 8.38. The van der Waals surface area contributed by atoms with Crippen molar-refractivity contribution in [1.29, 1.82) is 0 Å². The molecule has 0 aliphatic carbocycles. The highest BCUT2D eigenvalue weighted by molar-refractivity contribution is 5.86. The van der Waals surface area contributed by atoms with Crippen molar-refractivity contribution in [2.75, 3.05) is 12.3 Å². The molecule has 9 heteroatoms. The van der Waals surface area contributed by atoms with Gasteiger partial charge < -0.3 is 15.7 Å². The van der Waals surface area contributed by atoms with Crippen LogP contribution in [0, 0.1) is 0 Å². The monoisotopic (exact) mass is 543 g/mol. The molecular weight excluding hydrogens is 512 g/mol. The van der Waals surface area contributed by atoms with Gasteiger partial charge in [0.05, 0.1) is 6.04 Å². The highest BCUT2D eigenvalue weighted by Gasteiger charge is 2.40. The fourth-order valence-corrected chi connectivity index (χ4v) is 6.09. The van der Waals surface area contributed by atoms with E-state index in [2.05, 4.69) is 11.6 Å². The van der Waals surface area contributed by atoms with Crippen molar-refractivity contribution < 1.29 is 18.7 Å². The number of hydrogen-bond donors (Lipinski definition) is 2. The van der Waals surface area contributed by atoms with Crippen LogP contribution < -0.4 is 5.73 Å².